The molecule has 3 heteroatoms. The van der Waals surface area contributed by atoms with Crippen LogP contribution in [-0.4, -0.2) is 42.0 Å². The van der Waals surface area contributed by atoms with Crippen LogP contribution in [-0.2, 0) is 4.79 Å². The molecule has 2 heterocycles. The van der Waals surface area contributed by atoms with Gasteiger partial charge < -0.3 is 4.90 Å². The van der Waals surface area contributed by atoms with Crippen LogP contribution in [0.5, 0.6) is 0 Å². The third-order valence-electron chi connectivity index (χ3n) is 2.98. The first-order chi connectivity index (χ1) is 6.25. The van der Waals surface area contributed by atoms with Gasteiger partial charge in [-0.05, 0) is 31.8 Å². The van der Waals surface area contributed by atoms with Crippen molar-refractivity contribution >= 4 is 5.91 Å². The summed E-state index contributed by atoms with van der Waals surface area (Å²) in [5.74, 6) is 0.912. The van der Waals surface area contributed by atoms with Gasteiger partial charge >= 0.3 is 0 Å². The summed E-state index contributed by atoms with van der Waals surface area (Å²) in [5.41, 5.74) is 0. The number of nitrogens with zero attached hydrogens (tertiary/aromatic N) is 2. The largest absolute Gasteiger partial charge is 0.329 e. The van der Waals surface area contributed by atoms with E-state index in [4.69, 9.17) is 0 Å². The van der Waals surface area contributed by atoms with Crippen LogP contribution >= 0.6 is 0 Å². The second-order valence-corrected chi connectivity index (χ2v) is 4.39. The molecule has 0 aromatic carbocycles. The zero-order valence-corrected chi connectivity index (χ0v) is 8.33. The molecule has 2 rings (SSSR count). The topological polar surface area (TPSA) is 23.6 Å². The SMILES string of the molecule is CC1CC(=O)N(CN2CCCC2)C1. The van der Waals surface area contributed by atoms with Crippen molar-refractivity contribution in [3.8, 4) is 0 Å². The zero-order chi connectivity index (χ0) is 9.26. The van der Waals surface area contributed by atoms with E-state index in [1.165, 1.54) is 25.9 Å². The van der Waals surface area contributed by atoms with Crippen LogP contribution in [0.4, 0.5) is 0 Å². The van der Waals surface area contributed by atoms with E-state index in [1.54, 1.807) is 0 Å². The van der Waals surface area contributed by atoms with E-state index in [0.29, 0.717) is 11.8 Å². The van der Waals surface area contributed by atoms with E-state index in [2.05, 4.69) is 11.8 Å². The van der Waals surface area contributed by atoms with Crippen molar-refractivity contribution in [2.75, 3.05) is 26.3 Å². The van der Waals surface area contributed by atoms with E-state index in [-0.39, 0.29) is 0 Å². The first-order valence-corrected chi connectivity index (χ1v) is 5.26. The number of likely N-dealkylation sites (tertiary alicyclic amines) is 2. The predicted octanol–water partition coefficient (Wildman–Crippen LogP) is 0.908. The summed E-state index contributed by atoms with van der Waals surface area (Å²) in [5, 5.41) is 0. The van der Waals surface area contributed by atoms with Gasteiger partial charge in [-0.3, -0.25) is 9.69 Å². The van der Waals surface area contributed by atoms with Crippen LogP contribution < -0.4 is 0 Å². The zero-order valence-electron chi connectivity index (χ0n) is 8.33. The molecule has 74 valence electrons. The molecule has 0 bridgehead atoms. The Balaban J connectivity index is 1.83. The van der Waals surface area contributed by atoms with Gasteiger partial charge in [0.2, 0.25) is 5.91 Å². The van der Waals surface area contributed by atoms with Gasteiger partial charge in [0.15, 0.2) is 0 Å². The first-order valence-electron chi connectivity index (χ1n) is 5.26. The minimum atomic E-state index is 0.347. The number of hydrogen-bond donors (Lipinski definition) is 0. The molecule has 0 N–H and O–H groups in total. The summed E-state index contributed by atoms with van der Waals surface area (Å²) < 4.78 is 0. The molecule has 1 amide bonds. The normalized spacial score (nSPS) is 30.4. The van der Waals surface area contributed by atoms with E-state index in [0.717, 1.165) is 19.6 Å². The van der Waals surface area contributed by atoms with Crippen LogP contribution in [0.25, 0.3) is 0 Å². The van der Waals surface area contributed by atoms with Crippen LogP contribution in [0.15, 0.2) is 0 Å². The molecule has 13 heavy (non-hydrogen) atoms. The maximum Gasteiger partial charge on any atom is 0.223 e. The Hall–Kier alpha value is -0.570. The van der Waals surface area contributed by atoms with Crippen molar-refractivity contribution < 1.29 is 4.79 Å². The van der Waals surface area contributed by atoms with Gasteiger partial charge in [-0.25, -0.2) is 0 Å². The van der Waals surface area contributed by atoms with Crippen LogP contribution in [0.3, 0.4) is 0 Å². The molecule has 1 unspecified atom stereocenters. The van der Waals surface area contributed by atoms with Gasteiger partial charge in [-0.1, -0.05) is 6.92 Å². The van der Waals surface area contributed by atoms with Crippen LogP contribution in [0.2, 0.25) is 0 Å². The highest BCUT2D eigenvalue weighted by atomic mass is 16.2. The molecule has 2 fully saturated rings. The fraction of sp³-hybridized carbons (Fsp3) is 0.900. The number of rotatable bonds is 2. The summed E-state index contributed by atoms with van der Waals surface area (Å²) in [6.45, 7) is 6.36. The fourth-order valence-electron chi connectivity index (χ4n) is 2.27. The minimum absolute atomic E-state index is 0.347. The number of amides is 1. The molecule has 0 aromatic heterocycles. The molecule has 0 aromatic rings. The van der Waals surface area contributed by atoms with Crippen molar-refractivity contribution in [1.82, 2.24) is 9.80 Å². The lowest BCUT2D eigenvalue weighted by Crippen LogP contribution is -2.37. The predicted molar refractivity (Wildman–Crippen MR) is 51.2 cm³/mol. The Morgan fingerprint density at radius 3 is 2.62 bits per heavy atom. The van der Waals surface area contributed by atoms with Gasteiger partial charge in [0.25, 0.3) is 0 Å². The second kappa shape index (κ2) is 3.66. The molecule has 0 saturated carbocycles. The van der Waals surface area contributed by atoms with Gasteiger partial charge in [-0.15, -0.1) is 0 Å². The highest BCUT2D eigenvalue weighted by Crippen LogP contribution is 2.18. The summed E-state index contributed by atoms with van der Waals surface area (Å²) >= 11 is 0. The summed E-state index contributed by atoms with van der Waals surface area (Å²) in [7, 11) is 0. The number of carbonyl (C=O) groups excluding carboxylic acids is 1. The average Bonchev–Trinajstić information content (AvgIpc) is 2.63. The first kappa shape index (κ1) is 9.00. The smallest absolute Gasteiger partial charge is 0.223 e. The summed E-state index contributed by atoms with van der Waals surface area (Å²) in [4.78, 5) is 15.9. The molecule has 0 aliphatic carbocycles. The Bertz CT molecular complexity index is 199. The lowest BCUT2D eigenvalue weighted by Gasteiger charge is -2.23. The van der Waals surface area contributed by atoms with Gasteiger partial charge in [-0.2, -0.15) is 0 Å². The summed E-state index contributed by atoms with van der Waals surface area (Å²) in [6, 6.07) is 0. The van der Waals surface area contributed by atoms with Crippen molar-refractivity contribution in [3.63, 3.8) is 0 Å². The maximum absolute atomic E-state index is 11.5. The van der Waals surface area contributed by atoms with E-state index >= 15 is 0 Å². The average molecular weight is 182 g/mol. The quantitative estimate of drug-likeness (QED) is 0.633. The second-order valence-electron chi connectivity index (χ2n) is 4.39. The van der Waals surface area contributed by atoms with Gasteiger partial charge in [0.1, 0.15) is 0 Å². The third kappa shape index (κ3) is 2.02. The lowest BCUT2D eigenvalue weighted by atomic mass is 10.2. The molecule has 2 aliphatic heterocycles. The van der Waals surface area contributed by atoms with Gasteiger partial charge in [0, 0.05) is 13.0 Å². The Labute approximate surface area is 79.7 Å². The Morgan fingerprint density at radius 2 is 2.08 bits per heavy atom. The van der Waals surface area contributed by atoms with E-state index in [9.17, 15) is 4.79 Å². The van der Waals surface area contributed by atoms with Crippen molar-refractivity contribution in [3.05, 3.63) is 0 Å². The van der Waals surface area contributed by atoms with Gasteiger partial charge in [0.05, 0.1) is 6.67 Å². The molecule has 1 atom stereocenters. The molecule has 0 radical (unpaired) electrons. The maximum atomic E-state index is 11.5. The van der Waals surface area contributed by atoms with Crippen molar-refractivity contribution in [2.24, 2.45) is 5.92 Å². The molecule has 0 spiro atoms. The fourth-order valence-corrected chi connectivity index (χ4v) is 2.27. The third-order valence-corrected chi connectivity index (χ3v) is 2.98. The van der Waals surface area contributed by atoms with E-state index < -0.39 is 0 Å². The Kier molecular flexibility index (Phi) is 2.54. The molecule has 2 aliphatic rings. The molecular weight excluding hydrogens is 164 g/mol. The van der Waals surface area contributed by atoms with Crippen molar-refractivity contribution in [2.45, 2.75) is 26.2 Å². The lowest BCUT2D eigenvalue weighted by molar-refractivity contribution is -0.129. The molecule has 2 saturated heterocycles. The standard InChI is InChI=1S/C10H18N2O/c1-9-6-10(13)12(7-9)8-11-4-2-3-5-11/h9H,2-8H2,1H3. The highest BCUT2D eigenvalue weighted by Gasteiger charge is 2.28. The number of hydrogen-bond acceptors (Lipinski definition) is 2. The Morgan fingerprint density at radius 1 is 1.38 bits per heavy atom. The minimum Gasteiger partial charge on any atom is -0.329 e. The summed E-state index contributed by atoms with van der Waals surface area (Å²) in [6.07, 6.45) is 3.36. The van der Waals surface area contributed by atoms with Crippen LogP contribution in [0.1, 0.15) is 26.2 Å². The number of carbonyl (C=O) groups is 1. The van der Waals surface area contributed by atoms with E-state index in [1.807, 2.05) is 4.90 Å². The molecular formula is C10H18N2O. The highest BCUT2D eigenvalue weighted by molar-refractivity contribution is 5.78. The molecule has 3 nitrogen and oxygen atoms in total. The van der Waals surface area contributed by atoms with Crippen LogP contribution in [0, 0.1) is 5.92 Å². The van der Waals surface area contributed by atoms with Crippen molar-refractivity contribution in [1.29, 1.82) is 0 Å². The monoisotopic (exact) mass is 182 g/mol.